The summed E-state index contributed by atoms with van der Waals surface area (Å²) in [4.78, 5) is 17.6. The number of aromatic nitrogens is 1. The molecule has 1 aromatic carbocycles. The molecule has 1 N–H and O–H groups in total. The number of ether oxygens (including phenoxy) is 1. The number of nitrogens with zero attached hydrogens (tertiary/aromatic N) is 2. The average molecular weight is 303 g/mol. The predicted molar refractivity (Wildman–Crippen MR) is 81.0 cm³/mol. The molecule has 0 radical (unpaired) electrons. The first-order chi connectivity index (χ1) is 10.6. The van der Waals surface area contributed by atoms with E-state index in [4.69, 9.17) is 4.74 Å². The summed E-state index contributed by atoms with van der Waals surface area (Å²) in [7, 11) is 1.69. The smallest absolute Gasteiger partial charge is 0.317 e. The Morgan fingerprint density at radius 1 is 1.32 bits per heavy atom. The van der Waals surface area contributed by atoms with E-state index in [0.717, 1.165) is 5.69 Å². The fourth-order valence-electron chi connectivity index (χ4n) is 1.83. The number of benzene rings is 1. The van der Waals surface area contributed by atoms with Gasteiger partial charge in [0.15, 0.2) is 0 Å². The Morgan fingerprint density at radius 2 is 2.18 bits per heavy atom. The fourth-order valence-corrected chi connectivity index (χ4v) is 1.83. The van der Waals surface area contributed by atoms with Crippen molar-refractivity contribution >= 4 is 6.03 Å². The van der Waals surface area contributed by atoms with Crippen molar-refractivity contribution in [2.24, 2.45) is 0 Å². The lowest BCUT2D eigenvalue weighted by Gasteiger charge is -2.17. The standard InChI is InChI=1S/C16H18FN3O2/c1-20(12-14-6-2-3-8-18-14)16(21)19-9-10-22-15-7-4-5-13(17)11-15/h2-8,11H,9-10,12H2,1H3,(H,19,21). The summed E-state index contributed by atoms with van der Waals surface area (Å²) in [5.41, 5.74) is 0.816. The van der Waals surface area contributed by atoms with E-state index in [1.165, 1.54) is 17.0 Å². The van der Waals surface area contributed by atoms with Crippen molar-refractivity contribution in [2.45, 2.75) is 6.54 Å². The second-order valence-electron chi connectivity index (χ2n) is 4.71. The summed E-state index contributed by atoms with van der Waals surface area (Å²) in [6.45, 7) is 1.03. The van der Waals surface area contributed by atoms with Gasteiger partial charge in [0.25, 0.3) is 0 Å². The summed E-state index contributed by atoms with van der Waals surface area (Å²) in [5.74, 6) is 0.0905. The van der Waals surface area contributed by atoms with Crippen LogP contribution in [0.25, 0.3) is 0 Å². The van der Waals surface area contributed by atoms with Crippen LogP contribution in [0.5, 0.6) is 5.75 Å². The first-order valence-electron chi connectivity index (χ1n) is 6.92. The highest BCUT2D eigenvalue weighted by Crippen LogP contribution is 2.11. The Balaban J connectivity index is 1.69. The minimum Gasteiger partial charge on any atom is -0.492 e. The van der Waals surface area contributed by atoms with Crippen LogP contribution in [0.3, 0.4) is 0 Å². The van der Waals surface area contributed by atoms with Crippen molar-refractivity contribution < 1.29 is 13.9 Å². The summed E-state index contributed by atoms with van der Waals surface area (Å²) in [5, 5.41) is 2.73. The SMILES string of the molecule is CN(Cc1ccccn1)C(=O)NCCOc1cccc(F)c1. The van der Waals surface area contributed by atoms with Gasteiger partial charge in [0.05, 0.1) is 18.8 Å². The summed E-state index contributed by atoms with van der Waals surface area (Å²) < 4.78 is 18.3. The van der Waals surface area contributed by atoms with Gasteiger partial charge in [0.1, 0.15) is 18.2 Å². The molecule has 0 aliphatic carbocycles. The molecule has 0 bridgehead atoms. The molecule has 0 fully saturated rings. The van der Waals surface area contributed by atoms with Crippen LogP contribution >= 0.6 is 0 Å². The molecule has 6 heteroatoms. The number of carbonyl (C=O) groups excluding carboxylic acids is 1. The normalized spacial score (nSPS) is 10.1. The quantitative estimate of drug-likeness (QED) is 0.834. The van der Waals surface area contributed by atoms with Gasteiger partial charge in [-0.3, -0.25) is 4.98 Å². The Hall–Kier alpha value is -2.63. The third-order valence-electron chi connectivity index (χ3n) is 2.92. The molecule has 22 heavy (non-hydrogen) atoms. The molecule has 1 heterocycles. The van der Waals surface area contributed by atoms with E-state index in [2.05, 4.69) is 10.3 Å². The monoisotopic (exact) mass is 303 g/mol. The lowest BCUT2D eigenvalue weighted by Crippen LogP contribution is -2.38. The molecule has 0 unspecified atom stereocenters. The van der Waals surface area contributed by atoms with Gasteiger partial charge >= 0.3 is 6.03 Å². The number of carbonyl (C=O) groups is 1. The maximum absolute atomic E-state index is 13.0. The lowest BCUT2D eigenvalue weighted by atomic mass is 10.3. The van der Waals surface area contributed by atoms with Crippen molar-refractivity contribution in [1.82, 2.24) is 15.2 Å². The van der Waals surface area contributed by atoms with E-state index in [-0.39, 0.29) is 18.5 Å². The maximum atomic E-state index is 13.0. The van der Waals surface area contributed by atoms with Crippen LogP contribution in [0.2, 0.25) is 0 Å². The van der Waals surface area contributed by atoms with Gasteiger partial charge in [-0.1, -0.05) is 12.1 Å². The summed E-state index contributed by atoms with van der Waals surface area (Å²) in [6.07, 6.45) is 1.69. The predicted octanol–water partition coefficient (Wildman–Crippen LogP) is 2.44. The van der Waals surface area contributed by atoms with Crippen molar-refractivity contribution in [3.63, 3.8) is 0 Å². The van der Waals surface area contributed by atoms with Crippen molar-refractivity contribution in [1.29, 1.82) is 0 Å². The fraction of sp³-hybridized carbons (Fsp3) is 0.250. The summed E-state index contributed by atoms with van der Waals surface area (Å²) >= 11 is 0. The third kappa shape index (κ3) is 5.05. The van der Waals surface area contributed by atoms with Crippen LogP contribution in [0.4, 0.5) is 9.18 Å². The third-order valence-corrected chi connectivity index (χ3v) is 2.92. The number of hydrogen-bond acceptors (Lipinski definition) is 3. The van der Waals surface area contributed by atoms with Gasteiger partial charge in [-0.25, -0.2) is 9.18 Å². The molecule has 2 amide bonds. The first-order valence-corrected chi connectivity index (χ1v) is 6.92. The van der Waals surface area contributed by atoms with Gasteiger partial charge < -0.3 is 15.0 Å². The average Bonchev–Trinajstić information content (AvgIpc) is 2.52. The molecule has 5 nitrogen and oxygen atoms in total. The zero-order valence-electron chi connectivity index (χ0n) is 12.3. The molecule has 0 saturated carbocycles. The van der Waals surface area contributed by atoms with Crippen molar-refractivity contribution in [3.05, 3.63) is 60.2 Å². The molecule has 1 aromatic heterocycles. The molecule has 2 aromatic rings. The van der Waals surface area contributed by atoms with E-state index >= 15 is 0 Å². The minimum absolute atomic E-state index is 0.214. The topological polar surface area (TPSA) is 54.5 Å². The molecular weight excluding hydrogens is 285 g/mol. The van der Waals surface area contributed by atoms with Crippen molar-refractivity contribution in [3.8, 4) is 5.75 Å². The molecule has 0 aliphatic rings. The van der Waals surface area contributed by atoms with Gasteiger partial charge in [-0.05, 0) is 24.3 Å². The highest BCUT2D eigenvalue weighted by Gasteiger charge is 2.08. The Morgan fingerprint density at radius 3 is 2.91 bits per heavy atom. The van der Waals surface area contributed by atoms with Gasteiger partial charge in [-0.15, -0.1) is 0 Å². The van der Waals surface area contributed by atoms with E-state index in [1.807, 2.05) is 18.2 Å². The largest absolute Gasteiger partial charge is 0.492 e. The molecule has 116 valence electrons. The van der Waals surface area contributed by atoms with Crippen LogP contribution in [0.15, 0.2) is 48.7 Å². The lowest BCUT2D eigenvalue weighted by molar-refractivity contribution is 0.203. The van der Waals surface area contributed by atoms with E-state index in [9.17, 15) is 9.18 Å². The number of pyridine rings is 1. The molecule has 2 rings (SSSR count). The molecule has 0 aliphatic heterocycles. The molecular formula is C16H18FN3O2. The van der Waals surface area contributed by atoms with Crippen LogP contribution in [0.1, 0.15) is 5.69 Å². The highest BCUT2D eigenvalue weighted by molar-refractivity contribution is 5.73. The summed E-state index contributed by atoms with van der Waals surface area (Å²) in [6, 6.07) is 11.2. The Bertz CT molecular complexity index is 607. The van der Waals surface area contributed by atoms with Crippen LogP contribution in [-0.4, -0.2) is 36.1 Å². The Kier molecular flexibility index (Phi) is 5.71. The molecule has 0 saturated heterocycles. The van der Waals surface area contributed by atoms with E-state index in [1.54, 1.807) is 25.4 Å². The first kappa shape index (κ1) is 15.8. The zero-order valence-corrected chi connectivity index (χ0v) is 12.3. The van der Waals surface area contributed by atoms with Crippen molar-refractivity contribution in [2.75, 3.05) is 20.2 Å². The number of hydrogen-bond donors (Lipinski definition) is 1. The second kappa shape index (κ2) is 7.97. The molecule has 0 spiro atoms. The number of nitrogens with one attached hydrogen (secondary N) is 1. The van der Waals surface area contributed by atoms with Crippen LogP contribution < -0.4 is 10.1 Å². The van der Waals surface area contributed by atoms with Crippen LogP contribution in [-0.2, 0) is 6.54 Å². The molecule has 0 atom stereocenters. The number of amides is 2. The number of halogens is 1. The minimum atomic E-state index is -0.350. The van der Waals surface area contributed by atoms with E-state index < -0.39 is 0 Å². The van der Waals surface area contributed by atoms with E-state index in [0.29, 0.717) is 18.8 Å². The van der Waals surface area contributed by atoms with Crippen LogP contribution in [0, 0.1) is 5.82 Å². The number of rotatable bonds is 6. The zero-order chi connectivity index (χ0) is 15.8. The second-order valence-corrected chi connectivity index (χ2v) is 4.71. The maximum Gasteiger partial charge on any atom is 0.317 e. The van der Waals surface area contributed by atoms with Gasteiger partial charge in [-0.2, -0.15) is 0 Å². The van der Waals surface area contributed by atoms with Gasteiger partial charge in [0, 0.05) is 19.3 Å². The Labute approximate surface area is 128 Å². The number of urea groups is 1. The van der Waals surface area contributed by atoms with Gasteiger partial charge in [0.2, 0.25) is 0 Å². The highest BCUT2D eigenvalue weighted by atomic mass is 19.1.